The molecule has 0 aromatic carbocycles. The number of halogens is 17. The topological polar surface area (TPSA) is 18.5 Å². The molecular formula is C15H17F17O2Si. The van der Waals surface area contributed by atoms with Gasteiger partial charge in [0, 0.05) is 13.2 Å². The molecule has 0 aromatic rings. The number of rotatable bonds is 14. The standard InChI is InChI=1S/C15H17F17O2Si/c1-4-33-35(3,34-5-2)9(20)11(23,24)13(27,28)15(31,32)14(29,30)12(25,26)10(21,22)7(17)6(16)8(18)19/h6-9H,4-5H2,1-3H3. The van der Waals surface area contributed by atoms with E-state index in [1.54, 1.807) is 0 Å². The molecule has 0 radical (unpaired) electrons. The minimum absolute atomic E-state index is 0.229. The van der Waals surface area contributed by atoms with E-state index in [0.29, 0.717) is 0 Å². The van der Waals surface area contributed by atoms with Gasteiger partial charge in [-0.05, 0) is 20.4 Å². The van der Waals surface area contributed by atoms with E-state index >= 15 is 0 Å². The van der Waals surface area contributed by atoms with Gasteiger partial charge in [0.2, 0.25) is 12.0 Å². The summed E-state index contributed by atoms with van der Waals surface area (Å²) in [6.45, 7) is 0.502. The molecule has 3 unspecified atom stereocenters. The van der Waals surface area contributed by atoms with E-state index in [0.717, 1.165) is 13.8 Å². The number of hydrogen-bond donors (Lipinski definition) is 0. The van der Waals surface area contributed by atoms with Gasteiger partial charge in [0.05, 0.1) is 0 Å². The summed E-state index contributed by atoms with van der Waals surface area (Å²) in [7, 11) is -5.37. The van der Waals surface area contributed by atoms with Gasteiger partial charge in [-0.15, -0.1) is 0 Å². The Labute approximate surface area is 187 Å². The second kappa shape index (κ2) is 10.4. The highest BCUT2D eigenvalue weighted by atomic mass is 28.4. The minimum atomic E-state index is -8.41. The Kier molecular flexibility index (Phi) is 10.1. The summed E-state index contributed by atoms with van der Waals surface area (Å²) in [5.41, 5.74) is 0. The van der Waals surface area contributed by atoms with Gasteiger partial charge in [0.15, 0.2) is 6.17 Å². The maximum Gasteiger partial charge on any atom is 0.384 e. The van der Waals surface area contributed by atoms with Crippen LogP contribution >= 0.6 is 0 Å². The molecule has 0 aliphatic heterocycles. The molecule has 2 nitrogen and oxygen atoms in total. The van der Waals surface area contributed by atoms with Gasteiger partial charge >= 0.3 is 44.1 Å². The van der Waals surface area contributed by atoms with E-state index < -0.39 is 81.9 Å². The molecule has 0 aromatic heterocycles. The molecule has 20 heteroatoms. The zero-order valence-electron chi connectivity index (χ0n) is 17.5. The van der Waals surface area contributed by atoms with Crippen molar-refractivity contribution in [3.63, 3.8) is 0 Å². The molecule has 0 amide bonds. The van der Waals surface area contributed by atoms with E-state index in [2.05, 4.69) is 8.85 Å². The lowest BCUT2D eigenvalue weighted by molar-refractivity contribution is -0.432. The first-order valence-corrected chi connectivity index (χ1v) is 11.4. The first-order chi connectivity index (χ1) is 15.3. The van der Waals surface area contributed by atoms with Crippen LogP contribution in [0.25, 0.3) is 0 Å². The summed E-state index contributed by atoms with van der Waals surface area (Å²) in [5, 5.41) is 0. The first-order valence-electron chi connectivity index (χ1n) is 9.04. The van der Waals surface area contributed by atoms with Gasteiger partial charge in [-0.2, -0.15) is 52.7 Å². The highest BCUT2D eigenvalue weighted by Gasteiger charge is 2.92. The molecule has 212 valence electrons. The summed E-state index contributed by atoms with van der Waals surface area (Å²) >= 11 is 0. The van der Waals surface area contributed by atoms with Crippen LogP contribution in [0.1, 0.15) is 13.8 Å². The van der Waals surface area contributed by atoms with Crippen LogP contribution in [0.15, 0.2) is 0 Å². The smallest absolute Gasteiger partial charge is 0.384 e. The van der Waals surface area contributed by atoms with Crippen LogP contribution in [-0.4, -0.2) is 81.9 Å². The highest BCUT2D eigenvalue weighted by Crippen LogP contribution is 2.62. The largest absolute Gasteiger partial charge is 0.393 e. The molecular weight excluding hydrogens is 563 g/mol. The predicted octanol–water partition coefficient (Wildman–Crippen LogP) is 6.76. The predicted molar refractivity (Wildman–Crippen MR) is 85.2 cm³/mol. The lowest BCUT2D eigenvalue weighted by Crippen LogP contribution is -2.75. The minimum Gasteiger partial charge on any atom is -0.393 e. The lowest BCUT2D eigenvalue weighted by Gasteiger charge is -2.43. The molecule has 0 spiro atoms. The van der Waals surface area contributed by atoms with Crippen molar-refractivity contribution >= 4 is 8.56 Å². The molecule has 35 heavy (non-hydrogen) atoms. The molecule has 0 bridgehead atoms. The molecule has 3 atom stereocenters. The Morgan fingerprint density at radius 2 is 0.886 bits per heavy atom. The van der Waals surface area contributed by atoms with Crippen LogP contribution in [0.5, 0.6) is 0 Å². The fourth-order valence-electron chi connectivity index (χ4n) is 2.56. The maximum atomic E-state index is 14.3. The summed E-state index contributed by atoms with van der Waals surface area (Å²) in [5.74, 6) is -52.3. The van der Waals surface area contributed by atoms with E-state index in [-0.39, 0.29) is 6.55 Å². The molecule has 0 rings (SSSR count). The van der Waals surface area contributed by atoms with Crippen molar-refractivity contribution in [1.29, 1.82) is 0 Å². The Hall–Kier alpha value is -1.05. The van der Waals surface area contributed by atoms with Crippen LogP contribution in [0, 0.1) is 0 Å². The van der Waals surface area contributed by atoms with Crippen LogP contribution in [0.4, 0.5) is 74.6 Å². The molecule has 0 fully saturated rings. The molecule has 0 saturated heterocycles. The summed E-state index contributed by atoms with van der Waals surface area (Å²) < 4.78 is 238. The van der Waals surface area contributed by atoms with Gasteiger partial charge < -0.3 is 8.85 Å². The van der Waals surface area contributed by atoms with Crippen molar-refractivity contribution in [2.45, 2.75) is 80.5 Å². The summed E-state index contributed by atoms with van der Waals surface area (Å²) in [6.07, 6.45) is -15.6. The Morgan fingerprint density at radius 1 is 0.571 bits per heavy atom. The fraction of sp³-hybridized carbons (Fsp3) is 1.00. The number of hydrogen-bond acceptors (Lipinski definition) is 2. The van der Waals surface area contributed by atoms with Crippen LogP contribution in [0.2, 0.25) is 6.55 Å². The van der Waals surface area contributed by atoms with Crippen LogP contribution in [0.3, 0.4) is 0 Å². The third-order valence-electron chi connectivity index (χ3n) is 4.53. The van der Waals surface area contributed by atoms with E-state index in [4.69, 9.17) is 0 Å². The molecule has 0 aliphatic rings. The second-order valence-corrected chi connectivity index (χ2v) is 10.1. The van der Waals surface area contributed by atoms with Crippen molar-refractivity contribution in [1.82, 2.24) is 0 Å². The molecule has 0 N–H and O–H groups in total. The van der Waals surface area contributed by atoms with Gasteiger partial charge in [-0.3, -0.25) is 0 Å². The van der Waals surface area contributed by atoms with Gasteiger partial charge in [0.1, 0.15) is 0 Å². The van der Waals surface area contributed by atoms with E-state index in [1.807, 2.05) is 0 Å². The Morgan fingerprint density at radius 3 is 1.17 bits per heavy atom. The zero-order valence-corrected chi connectivity index (χ0v) is 18.5. The van der Waals surface area contributed by atoms with Gasteiger partial charge in [0.25, 0.3) is 6.43 Å². The third kappa shape index (κ3) is 5.19. The zero-order chi connectivity index (χ0) is 28.6. The quantitative estimate of drug-likeness (QED) is 0.167. The van der Waals surface area contributed by atoms with Gasteiger partial charge in [-0.25, -0.2) is 22.0 Å². The van der Waals surface area contributed by atoms with Crippen LogP contribution in [-0.2, 0) is 8.85 Å². The lowest BCUT2D eigenvalue weighted by atomic mass is 9.89. The Bertz CT molecular complexity index is 695. The summed E-state index contributed by atoms with van der Waals surface area (Å²) in [4.78, 5) is 0. The van der Waals surface area contributed by atoms with Crippen LogP contribution < -0.4 is 0 Å². The number of alkyl halides is 17. The molecule has 0 heterocycles. The SMILES string of the molecule is CCO[Si](C)(OCC)C(F)C(F)(F)C(F)(F)C(F)(F)C(F)(F)C(F)(F)C(F)(F)C(F)C(F)C(F)F. The third-order valence-corrected chi connectivity index (χ3v) is 7.53. The highest BCUT2D eigenvalue weighted by molar-refractivity contribution is 6.67. The van der Waals surface area contributed by atoms with Crippen molar-refractivity contribution in [3.05, 3.63) is 0 Å². The Balaban J connectivity index is 6.73. The average Bonchev–Trinajstić information content (AvgIpc) is 2.71. The normalized spacial score (nSPS) is 18.1. The monoisotopic (exact) mass is 580 g/mol. The molecule has 0 saturated carbocycles. The summed E-state index contributed by atoms with van der Waals surface area (Å²) in [6, 6.07) is 0. The molecule has 0 aliphatic carbocycles. The van der Waals surface area contributed by atoms with Crippen molar-refractivity contribution < 1.29 is 83.5 Å². The van der Waals surface area contributed by atoms with Crippen molar-refractivity contribution in [2.24, 2.45) is 0 Å². The van der Waals surface area contributed by atoms with Crippen molar-refractivity contribution in [2.75, 3.05) is 13.2 Å². The average molecular weight is 580 g/mol. The van der Waals surface area contributed by atoms with E-state index in [9.17, 15) is 74.6 Å². The van der Waals surface area contributed by atoms with E-state index in [1.165, 1.54) is 0 Å². The maximum absolute atomic E-state index is 14.3. The second-order valence-electron chi connectivity index (χ2n) is 6.97. The fourth-order valence-corrected chi connectivity index (χ4v) is 4.93. The van der Waals surface area contributed by atoms with Gasteiger partial charge in [-0.1, -0.05) is 0 Å². The van der Waals surface area contributed by atoms with Crippen molar-refractivity contribution in [3.8, 4) is 0 Å². The first kappa shape index (κ1) is 33.9.